The first kappa shape index (κ1) is 14.4. The molecule has 4 nitrogen and oxygen atoms in total. The smallest absolute Gasteiger partial charge is 0.317 e. The van der Waals surface area contributed by atoms with E-state index < -0.39 is 0 Å². The summed E-state index contributed by atoms with van der Waals surface area (Å²) < 4.78 is 5.61. The number of hydrogen-bond donors (Lipinski definition) is 1. The van der Waals surface area contributed by atoms with Gasteiger partial charge in [0.1, 0.15) is 0 Å². The van der Waals surface area contributed by atoms with Crippen molar-refractivity contribution >= 4 is 6.03 Å². The van der Waals surface area contributed by atoms with Crippen molar-refractivity contribution in [1.82, 2.24) is 10.2 Å². The van der Waals surface area contributed by atoms with Crippen LogP contribution >= 0.6 is 0 Å². The van der Waals surface area contributed by atoms with E-state index in [1.807, 2.05) is 11.0 Å². The van der Waals surface area contributed by atoms with E-state index >= 15 is 0 Å². The lowest BCUT2D eigenvalue weighted by Gasteiger charge is -2.33. The Hall–Kier alpha value is -1.55. The van der Waals surface area contributed by atoms with Crippen molar-refractivity contribution in [3.63, 3.8) is 0 Å². The molecule has 0 unspecified atom stereocenters. The summed E-state index contributed by atoms with van der Waals surface area (Å²) in [6, 6.07) is 10.6. The summed E-state index contributed by atoms with van der Waals surface area (Å²) in [6.07, 6.45) is 3.47. The van der Waals surface area contributed by atoms with E-state index in [4.69, 9.17) is 4.74 Å². The number of nitrogens with one attached hydrogen (secondary N) is 1. The lowest BCUT2D eigenvalue weighted by atomic mass is 9.96. The molecule has 0 aromatic heterocycles. The van der Waals surface area contributed by atoms with Gasteiger partial charge in [-0.15, -0.1) is 0 Å². The molecule has 3 rings (SSSR count). The van der Waals surface area contributed by atoms with Gasteiger partial charge in [-0.25, -0.2) is 4.79 Å². The van der Waals surface area contributed by atoms with E-state index in [9.17, 15) is 4.79 Å². The van der Waals surface area contributed by atoms with Crippen LogP contribution in [-0.4, -0.2) is 43.3 Å². The number of morpholine rings is 1. The minimum absolute atomic E-state index is 0.0546. The monoisotopic (exact) mass is 288 g/mol. The number of amides is 2. The van der Waals surface area contributed by atoms with Crippen LogP contribution in [0.5, 0.6) is 0 Å². The van der Waals surface area contributed by atoms with Crippen LogP contribution < -0.4 is 5.32 Å². The average Bonchev–Trinajstić information content (AvgIpc) is 3.35. The number of hydrogen-bond acceptors (Lipinski definition) is 2. The van der Waals surface area contributed by atoms with Crippen molar-refractivity contribution in [3.05, 3.63) is 35.9 Å². The molecule has 1 aromatic rings. The minimum Gasteiger partial charge on any atom is -0.375 e. The van der Waals surface area contributed by atoms with Gasteiger partial charge in [-0.05, 0) is 24.8 Å². The van der Waals surface area contributed by atoms with E-state index in [1.165, 1.54) is 5.56 Å². The molecule has 1 saturated carbocycles. The standard InChI is InChI=1S/C17H24N2O2/c1-2-15-12-19(10-11-21-15)16(20)18-13-17(8-9-17)14-6-4-3-5-7-14/h3-7,15H,2,8-13H2,1H3,(H,18,20)/t15-/m0/s1. The van der Waals surface area contributed by atoms with Crippen molar-refractivity contribution in [2.45, 2.75) is 37.7 Å². The van der Waals surface area contributed by atoms with Crippen molar-refractivity contribution in [3.8, 4) is 0 Å². The van der Waals surface area contributed by atoms with Gasteiger partial charge in [-0.1, -0.05) is 37.3 Å². The third-order valence-corrected chi connectivity index (χ3v) is 4.70. The van der Waals surface area contributed by atoms with Gasteiger partial charge in [0.15, 0.2) is 0 Å². The molecule has 114 valence electrons. The third kappa shape index (κ3) is 3.21. The summed E-state index contributed by atoms with van der Waals surface area (Å²) in [5, 5.41) is 3.13. The van der Waals surface area contributed by atoms with Gasteiger partial charge in [0.25, 0.3) is 0 Å². The third-order valence-electron chi connectivity index (χ3n) is 4.70. The van der Waals surface area contributed by atoms with Crippen LogP contribution in [0.3, 0.4) is 0 Å². The summed E-state index contributed by atoms with van der Waals surface area (Å²) in [6.45, 7) is 4.89. The van der Waals surface area contributed by atoms with Gasteiger partial charge < -0.3 is 15.0 Å². The van der Waals surface area contributed by atoms with Gasteiger partial charge in [0.2, 0.25) is 0 Å². The second kappa shape index (κ2) is 6.06. The summed E-state index contributed by atoms with van der Waals surface area (Å²) in [4.78, 5) is 14.2. The Morgan fingerprint density at radius 1 is 1.38 bits per heavy atom. The van der Waals surface area contributed by atoms with E-state index in [1.54, 1.807) is 0 Å². The molecule has 2 aliphatic rings. The zero-order chi connectivity index (χ0) is 14.7. The van der Waals surface area contributed by atoms with Crippen LogP contribution in [0.4, 0.5) is 4.79 Å². The molecule has 1 aliphatic carbocycles. The molecule has 1 aromatic carbocycles. The fourth-order valence-corrected chi connectivity index (χ4v) is 3.02. The second-order valence-corrected chi connectivity index (χ2v) is 6.15. The Labute approximate surface area is 126 Å². The quantitative estimate of drug-likeness (QED) is 0.925. The summed E-state index contributed by atoms with van der Waals surface area (Å²) in [5.74, 6) is 0. The zero-order valence-electron chi connectivity index (χ0n) is 12.7. The second-order valence-electron chi connectivity index (χ2n) is 6.15. The first-order valence-electron chi connectivity index (χ1n) is 7.93. The molecule has 2 amide bonds. The molecular weight excluding hydrogens is 264 g/mol. The predicted molar refractivity (Wildman–Crippen MR) is 82.4 cm³/mol. The summed E-state index contributed by atoms with van der Waals surface area (Å²) in [7, 11) is 0. The van der Waals surface area contributed by atoms with Crippen LogP contribution in [0.2, 0.25) is 0 Å². The minimum atomic E-state index is 0.0546. The Morgan fingerprint density at radius 3 is 2.81 bits per heavy atom. The van der Waals surface area contributed by atoms with Gasteiger partial charge in [0, 0.05) is 25.0 Å². The number of carbonyl (C=O) groups excluding carboxylic acids is 1. The van der Waals surface area contributed by atoms with E-state index in [0.717, 1.165) is 25.8 Å². The van der Waals surface area contributed by atoms with Crippen LogP contribution in [0, 0.1) is 0 Å². The normalized spacial score (nSPS) is 23.7. The molecule has 0 spiro atoms. The molecule has 1 saturated heterocycles. The van der Waals surface area contributed by atoms with Crippen LogP contribution in [-0.2, 0) is 10.2 Å². The Morgan fingerprint density at radius 2 is 2.14 bits per heavy atom. The highest BCUT2D eigenvalue weighted by molar-refractivity contribution is 5.74. The molecule has 2 fully saturated rings. The number of nitrogens with zero attached hydrogens (tertiary/aromatic N) is 1. The number of ether oxygens (including phenoxy) is 1. The predicted octanol–water partition coefficient (Wildman–Crippen LogP) is 2.54. The number of benzene rings is 1. The van der Waals surface area contributed by atoms with E-state index in [2.05, 4.69) is 36.5 Å². The molecule has 0 radical (unpaired) electrons. The maximum atomic E-state index is 12.3. The number of rotatable bonds is 4. The summed E-state index contributed by atoms with van der Waals surface area (Å²) >= 11 is 0. The Bertz CT molecular complexity index is 485. The van der Waals surface area contributed by atoms with Crippen LogP contribution in [0.15, 0.2) is 30.3 Å². The Kier molecular flexibility index (Phi) is 4.15. The molecule has 21 heavy (non-hydrogen) atoms. The van der Waals surface area contributed by atoms with Crippen LogP contribution in [0.25, 0.3) is 0 Å². The largest absolute Gasteiger partial charge is 0.375 e. The van der Waals surface area contributed by atoms with Gasteiger partial charge in [-0.2, -0.15) is 0 Å². The highest BCUT2D eigenvalue weighted by Crippen LogP contribution is 2.47. The number of urea groups is 1. The topological polar surface area (TPSA) is 41.6 Å². The highest BCUT2D eigenvalue weighted by Gasteiger charge is 2.44. The first-order valence-corrected chi connectivity index (χ1v) is 7.93. The van der Waals surface area contributed by atoms with Crippen molar-refractivity contribution in [2.75, 3.05) is 26.2 Å². The Balaban J connectivity index is 1.54. The number of carbonyl (C=O) groups is 1. The van der Waals surface area contributed by atoms with Crippen molar-refractivity contribution in [1.29, 1.82) is 0 Å². The lowest BCUT2D eigenvalue weighted by Crippen LogP contribution is -2.50. The SMILES string of the molecule is CC[C@H]1CN(C(=O)NCC2(c3ccccc3)CC2)CCO1. The van der Waals surface area contributed by atoms with Crippen molar-refractivity contribution < 1.29 is 9.53 Å². The van der Waals surface area contributed by atoms with Crippen molar-refractivity contribution in [2.24, 2.45) is 0 Å². The zero-order valence-corrected chi connectivity index (χ0v) is 12.7. The molecule has 4 heteroatoms. The van der Waals surface area contributed by atoms with Gasteiger partial charge in [0.05, 0.1) is 12.7 Å². The van der Waals surface area contributed by atoms with Gasteiger partial charge in [-0.3, -0.25) is 0 Å². The van der Waals surface area contributed by atoms with Crippen LogP contribution in [0.1, 0.15) is 31.7 Å². The lowest BCUT2D eigenvalue weighted by molar-refractivity contribution is -0.0154. The molecule has 1 N–H and O–H groups in total. The molecular formula is C17H24N2O2. The fourth-order valence-electron chi connectivity index (χ4n) is 3.02. The molecule has 0 bridgehead atoms. The maximum absolute atomic E-state index is 12.3. The first-order chi connectivity index (χ1) is 10.2. The van der Waals surface area contributed by atoms with E-state index in [0.29, 0.717) is 19.7 Å². The highest BCUT2D eigenvalue weighted by atomic mass is 16.5. The molecule has 1 heterocycles. The van der Waals surface area contributed by atoms with Gasteiger partial charge >= 0.3 is 6.03 Å². The molecule has 1 aliphatic heterocycles. The fraction of sp³-hybridized carbons (Fsp3) is 0.588. The van der Waals surface area contributed by atoms with E-state index in [-0.39, 0.29) is 17.6 Å². The molecule has 1 atom stereocenters. The average molecular weight is 288 g/mol. The summed E-state index contributed by atoms with van der Waals surface area (Å²) in [5.41, 5.74) is 1.52. The maximum Gasteiger partial charge on any atom is 0.317 e.